The average Bonchev–Trinajstić information content (AvgIpc) is 3.07. The molecule has 0 saturated carbocycles. The molecule has 0 fully saturated rings. The van der Waals surface area contributed by atoms with Crippen LogP contribution in [-0.2, 0) is 18.6 Å². The molecule has 5 heteroatoms. The first-order valence-electron chi connectivity index (χ1n) is 8.23. The standard InChI is InChI=1S/C20H22N2O3/c1-20(2,3)15-8-7-11-17(12-15)24-14-19-22-21-18(25-19)13-23-16-9-5-4-6-10-16/h4-12H,13-14H2,1-3H3. The van der Waals surface area contributed by atoms with Crippen molar-refractivity contribution in [2.75, 3.05) is 0 Å². The molecule has 0 saturated heterocycles. The van der Waals surface area contributed by atoms with E-state index >= 15 is 0 Å². The topological polar surface area (TPSA) is 57.4 Å². The Morgan fingerprint density at radius 1 is 0.800 bits per heavy atom. The van der Waals surface area contributed by atoms with E-state index in [-0.39, 0.29) is 18.6 Å². The maximum absolute atomic E-state index is 5.77. The summed E-state index contributed by atoms with van der Waals surface area (Å²) in [5.74, 6) is 2.39. The van der Waals surface area contributed by atoms with Gasteiger partial charge in [0.2, 0.25) is 0 Å². The van der Waals surface area contributed by atoms with E-state index < -0.39 is 0 Å². The third-order valence-electron chi connectivity index (χ3n) is 3.68. The highest BCUT2D eigenvalue weighted by Gasteiger charge is 2.14. The van der Waals surface area contributed by atoms with E-state index in [0.29, 0.717) is 11.8 Å². The second-order valence-electron chi connectivity index (χ2n) is 6.76. The SMILES string of the molecule is CC(C)(C)c1cccc(OCc2nnc(COc3ccccc3)o2)c1. The Bertz CT molecular complexity index is 807. The predicted molar refractivity (Wildman–Crippen MR) is 94.5 cm³/mol. The summed E-state index contributed by atoms with van der Waals surface area (Å²) in [6.45, 7) is 6.97. The van der Waals surface area contributed by atoms with E-state index in [9.17, 15) is 0 Å². The van der Waals surface area contributed by atoms with E-state index in [2.05, 4.69) is 37.0 Å². The molecule has 1 heterocycles. The lowest BCUT2D eigenvalue weighted by Crippen LogP contribution is -2.11. The Balaban J connectivity index is 1.55. The fourth-order valence-electron chi connectivity index (χ4n) is 2.26. The predicted octanol–water partition coefficient (Wildman–Crippen LogP) is 4.53. The molecule has 3 aromatic rings. The molecule has 130 valence electrons. The summed E-state index contributed by atoms with van der Waals surface area (Å²) < 4.78 is 16.9. The Morgan fingerprint density at radius 2 is 1.40 bits per heavy atom. The maximum atomic E-state index is 5.77. The summed E-state index contributed by atoms with van der Waals surface area (Å²) in [6.07, 6.45) is 0. The first-order chi connectivity index (χ1) is 12.0. The maximum Gasteiger partial charge on any atom is 0.254 e. The average molecular weight is 338 g/mol. The van der Waals surface area contributed by atoms with Gasteiger partial charge in [0.25, 0.3) is 11.8 Å². The molecule has 0 aliphatic carbocycles. The Morgan fingerprint density at radius 3 is 2.04 bits per heavy atom. The van der Waals surface area contributed by atoms with Crippen molar-refractivity contribution < 1.29 is 13.9 Å². The molecule has 0 N–H and O–H groups in total. The molecule has 0 spiro atoms. The lowest BCUT2D eigenvalue weighted by Gasteiger charge is -2.19. The van der Waals surface area contributed by atoms with Gasteiger partial charge in [-0.05, 0) is 35.2 Å². The molecule has 0 aliphatic rings. The highest BCUT2D eigenvalue weighted by molar-refractivity contribution is 5.32. The number of rotatable bonds is 6. The first-order valence-corrected chi connectivity index (χ1v) is 8.23. The van der Waals surface area contributed by atoms with Gasteiger partial charge in [0.05, 0.1) is 0 Å². The highest BCUT2D eigenvalue weighted by Crippen LogP contribution is 2.26. The number of nitrogens with zero attached hydrogens (tertiary/aromatic N) is 2. The summed E-state index contributed by atoms with van der Waals surface area (Å²) >= 11 is 0. The largest absolute Gasteiger partial charge is 0.484 e. The van der Waals surface area contributed by atoms with Crippen molar-refractivity contribution in [3.63, 3.8) is 0 Å². The highest BCUT2D eigenvalue weighted by atomic mass is 16.5. The second kappa shape index (κ2) is 7.38. The smallest absolute Gasteiger partial charge is 0.254 e. The number of hydrogen-bond acceptors (Lipinski definition) is 5. The molecule has 3 rings (SSSR count). The third kappa shape index (κ3) is 4.83. The zero-order valence-electron chi connectivity index (χ0n) is 14.7. The first kappa shape index (κ1) is 17.0. The summed E-state index contributed by atoms with van der Waals surface area (Å²) in [5, 5.41) is 7.97. The molecule has 0 radical (unpaired) electrons. The quantitative estimate of drug-likeness (QED) is 0.661. The molecular weight excluding hydrogens is 316 g/mol. The van der Waals surface area contributed by atoms with Crippen molar-refractivity contribution in [1.29, 1.82) is 0 Å². The lowest BCUT2D eigenvalue weighted by molar-refractivity contribution is 0.231. The molecule has 0 unspecified atom stereocenters. The van der Waals surface area contributed by atoms with Gasteiger partial charge in [-0.2, -0.15) is 0 Å². The normalized spacial score (nSPS) is 11.3. The van der Waals surface area contributed by atoms with E-state index in [1.54, 1.807) is 0 Å². The van der Waals surface area contributed by atoms with Gasteiger partial charge in [-0.15, -0.1) is 10.2 Å². The van der Waals surface area contributed by atoms with Crippen molar-refractivity contribution >= 4 is 0 Å². The van der Waals surface area contributed by atoms with Crippen LogP contribution >= 0.6 is 0 Å². The van der Waals surface area contributed by atoms with Crippen molar-refractivity contribution in [2.24, 2.45) is 0 Å². The van der Waals surface area contributed by atoms with Crippen LogP contribution in [0.25, 0.3) is 0 Å². The summed E-state index contributed by atoms with van der Waals surface area (Å²) in [4.78, 5) is 0. The number of benzene rings is 2. The summed E-state index contributed by atoms with van der Waals surface area (Å²) in [5.41, 5.74) is 1.29. The zero-order chi connectivity index (χ0) is 17.7. The van der Waals surface area contributed by atoms with Crippen LogP contribution in [0.1, 0.15) is 38.1 Å². The molecule has 25 heavy (non-hydrogen) atoms. The lowest BCUT2D eigenvalue weighted by atomic mass is 9.87. The van der Waals surface area contributed by atoms with Crippen LogP contribution in [0, 0.1) is 0 Å². The monoisotopic (exact) mass is 338 g/mol. The minimum atomic E-state index is 0.0752. The van der Waals surface area contributed by atoms with Gasteiger partial charge in [-0.25, -0.2) is 0 Å². The zero-order valence-corrected chi connectivity index (χ0v) is 14.7. The molecule has 5 nitrogen and oxygen atoms in total. The number of hydrogen-bond donors (Lipinski definition) is 0. The molecule has 0 atom stereocenters. The minimum absolute atomic E-state index is 0.0752. The number of ether oxygens (including phenoxy) is 2. The molecule has 0 bridgehead atoms. The molecule has 0 aliphatic heterocycles. The van der Waals surface area contributed by atoms with Gasteiger partial charge >= 0.3 is 0 Å². The van der Waals surface area contributed by atoms with E-state index in [4.69, 9.17) is 13.9 Å². The van der Waals surface area contributed by atoms with Gasteiger partial charge in [0.15, 0.2) is 13.2 Å². The van der Waals surface area contributed by atoms with Crippen LogP contribution < -0.4 is 9.47 Å². The summed E-state index contributed by atoms with van der Waals surface area (Å²) in [7, 11) is 0. The van der Waals surface area contributed by atoms with Crippen LogP contribution in [-0.4, -0.2) is 10.2 Å². The van der Waals surface area contributed by atoms with E-state index in [1.165, 1.54) is 5.56 Å². The Hall–Kier alpha value is -2.82. The third-order valence-corrected chi connectivity index (χ3v) is 3.68. The summed E-state index contributed by atoms with van der Waals surface area (Å²) in [6, 6.07) is 17.6. The second-order valence-corrected chi connectivity index (χ2v) is 6.76. The Kier molecular flexibility index (Phi) is 5.03. The van der Waals surface area contributed by atoms with Crippen molar-refractivity contribution in [3.8, 4) is 11.5 Å². The molecule has 0 amide bonds. The fourth-order valence-corrected chi connectivity index (χ4v) is 2.26. The van der Waals surface area contributed by atoms with Crippen molar-refractivity contribution in [2.45, 2.75) is 39.4 Å². The van der Waals surface area contributed by atoms with Crippen LogP contribution in [0.5, 0.6) is 11.5 Å². The van der Waals surface area contributed by atoms with Crippen LogP contribution in [0.2, 0.25) is 0 Å². The van der Waals surface area contributed by atoms with E-state index in [1.807, 2.05) is 48.5 Å². The molecular formula is C20H22N2O3. The van der Waals surface area contributed by atoms with Gasteiger partial charge in [-0.3, -0.25) is 0 Å². The van der Waals surface area contributed by atoms with Crippen LogP contribution in [0.3, 0.4) is 0 Å². The number of para-hydroxylation sites is 1. The minimum Gasteiger partial charge on any atom is -0.484 e. The van der Waals surface area contributed by atoms with Gasteiger partial charge < -0.3 is 13.9 Å². The van der Waals surface area contributed by atoms with E-state index in [0.717, 1.165) is 11.5 Å². The van der Waals surface area contributed by atoms with Crippen LogP contribution in [0.15, 0.2) is 59.0 Å². The molecule has 1 aromatic heterocycles. The van der Waals surface area contributed by atoms with Gasteiger partial charge in [0.1, 0.15) is 11.5 Å². The van der Waals surface area contributed by atoms with Crippen molar-refractivity contribution in [1.82, 2.24) is 10.2 Å². The van der Waals surface area contributed by atoms with Gasteiger partial charge in [-0.1, -0.05) is 51.1 Å². The van der Waals surface area contributed by atoms with Crippen LogP contribution in [0.4, 0.5) is 0 Å². The fraction of sp³-hybridized carbons (Fsp3) is 0.300. The number of aromatic nitrogens is 2. The Labute approximate surface area is 147 Å². The van der Waals surface area contributed by atoms with Gasteiger partial charge in [0, 0.05) is 0 Å². The van der Waals surface area contributed by atoms with Crippen molar-refractivity contribution in [3.05, 3.63) is 71.9 Å². The molecule has 2 aromatic carbocycles.